The molecule has 28 heavy (non-hydrogen) atoms. The number of carbonyl (C=O) groups is 2. The molecule has 2 aromatic carbocycles. The fourth-order valence-electron chi connectivity index (χ4n) is 2.63. The minimum atomic E-state index is -0.468. The number of amides is 2. The number of carbonyl (C=O) groups excluding carboxylic acids is 2. The van der Waals surface area contributed by atoms with Crippen molar-refractivity contribution in [3.8, 4) is 0 Å². The maximum Gasteiger partial charge on any atom is 0.251 e. The van der Waals surface area contributed by atoms with Crippen LogP contribution in [0, 0.1) is 0 Å². The van der Waals surface area contributed by atoms with Crippen molar-refractivity contribution >= 4 is 18.0 Å². The quantitative estimate of drug-likeness (QED) is 0.494. The van der Waals surface area contributed by atoms with E-state index in [9.17, 15) is 9.59 Å². The van der Waals surface area contributed by atoms with Gasteiger partial charge in [-0.05, 0) is 35.4 Å². The highest BCUT2D eigenvalue weighted by molar-refractivity contribution is 5.94. The third-order valence-electron chi connectivity index (χ3n) is 4.04. The van der Waals surface area contributed by atoms with E-state index in [1.807, 2.05) is 36.4 Å². The van der Waals surface area contributed by atoms with Crippen LogP contribution in [0.25, 0.3) is 0 Å². The molecule has 0 aliphatic heterocycles. The molecule has 0 saturated carbocycles. The SMILES string of the molecule is O=C(C[C@@H](NC(=O)c1ccccc1)c1ccccc1)N/N=C\c1ccncc1. The number of hydrazone groups is 1. The van der Waals surface area contributed by atoms with E-state index >= 15 is 0 Å². The summed E-state index contributed by atoms with van der Waals surface area (Å²) < 4.78 is 0. The number of pyridine rings is 1. The molecule has 0 bridgehead atoms. The van der Waals surface area contributed by atoms with E-state index in [2.05, 4.69) is 20.8 Å². The molecule has 1 aromatic heterocycles. The van der Waals surface area contributed by atoms with Gasteiger partial charge in [0.1, 0.15) is 0 Å². The highest BCUT2D eigenvalue weighted by atomic mass is 16.2. The molecule has 2 amide bonds. The lowest BCUT2D eigenvalue weighted by Gasteiger charge is -2.18. The van der Waals surface area contributed by atoms with Gasteiger partial charge < -0.3 is 5.32 Å². The molecule has 6 heteroatoms. The Bertz CT molecular complexity index is 929. The lowest BCUT2D eigenvalue weighted by Crippen LogP contribution is -2.32. The summed E-state index contributed by atoms with van der Waals surface area (Å²) in [4.78, 5) is 28.8. The van der Waals surface area contributed by atoms with E-state index in [4.69, 9.17) is 0 Å². The molecule has 1 heterocycles. The first-order valence-electron chi connectivity index (χ1n) is 8.85. The Hall–Kier alpha value is -3.80. The summed E-state index contributed by atoms with van der Waals surface area (Å²) >= 11 is 0. The van der Waals surface area contributed by atoms with Gasteiger partial charge in [0.2, 0.25) is 5.91 Å². The second-order valence-electron chi connectivity index (χ2n) is 6.08. The summed E-state index contributed by atoms with van der Waals surface area (Å²) in [5.41, 5.74) is 4.72. The Morgan fingerprint density at radius 1 is 0.929 bits per heavy atom. The normalized spacial score (nSPS) is 11.7. The fraction of sp³-hybridized carbons (Fsp3) is 0.0909. The number of rotatable bonds is 7. The molecule has 0 aliphatic carbocycles. The molecule has 6 nitrogen and oxygen atoms in total. The van der Waals surface area contributed by atoms with Gasteiger partial charge in [0.25, 0.3) is 5.91 Å². The van der Waals surface area contributed by atoms with Crippen molar-refractivity contribution in [3.63, 3.8) is 0 Å². The van der Waals surface area contributed by atoms with E-state index in [-0.39, 0.29) is 18.2 Å². The first kappa shape index (κ1) is 19.0. The molecule has 0 aliphatic rings. The van der Waals surface area contributed by atoms with Gasteiger partial charge >= 0.3 is 0 Å². The standard InChI is InChI=1S/C22H20N4O2/c27-21(26-24-16-17-11-13-23-14-12-17)15-20(18-7-3-1-4-8-18)25-22(28)19-9-5-2-6-10-19/h1-14,16,20H,15H2,(H,25,28)(H,26,27)/b24-16-/t20-/m1/s1. The number of hydrogen-bond donors (Lipinski definition) is 2. The summed E-state index contributed by atoms with van der Waals surface area (Å²) in [5.74, 6) is -0.532. The van der Waals surface area contributed by atoms with Crippen LogP contribution in [0.2, 0.25) is 0 Å². The van der Waals surface area contributed by atoms with Crippen molar-refractivity contribution in [2.75, 3.05) is 0 Å². The summed E-state index contributed by atoms with van der Waals surface area (Å²) in [5, 5.41) is 6.89. The number of nitrogens with zero attached hydrogens (tertiary/aromatic N) is 2. The van der Waals surface area contributed by atoms with Crippen molar-refractivity contribution in [2.24, 2.45) is 5.10 Å². The van der Waals surface area contributed by atoms with Crippen LogP contribution in [0.4, 0.5) is 0 Å². The number of aromatic nitrogens is 1. The van der Waals surface area contributed by atoms with Gasteiger partial charge in [-0.25, -0.2) is 5.43 Å². The fourth-order valence-corrected chi connectivity index (χ4v) is 2.63. The zero-order chi connectivity index (χ0) is 19.6. The largest absolute Gasteiger partial charge is 0.345 e. The molecule has 1 atom stereocenters. The number of hydrogen-bond acceptors (Lipinski definition) is 4. The lowest BCUT2D eigenvalue weighted by atomic mass is 10.0. The van der Waals surface area contributed by atoms with Gasteiger partial charge in [0, 0.05) is 18.0 Å². The van der Waals surface area contributed by atoms with Crippen molar-refractivity contribution in [3.05, 3.63) is 102 Å². The van der Waals surface area contributed by atoms with Gasteiger partial charge in [-0.2, -0.15) is 5.10 Å². The Balaban J connectivity index is 1.66. The molecule has 0 fully saturated rings. The molecule has 0 unspecified atom stereocenters. The Kier molecular flexibility index (Phi) is 6.62. The van der Waals surface area contributed by atoms with E-state index < -0.39 is 6.04 Å². The smallest absolute Gasteiger partial charge is 0.251 e. The van der Waals surface area contributed by atoms with Crippen LogP contribution >= 0.6 is 0 Å². The van der Waals surface area contributed by atoms with Crippen molar-refractivity contribution < 1.29 is 9.59 Å². The van der Waals surface area contributed by atoms with Crippen LogP contribution in [0.5, 0.6) is 0 Å². The molecule has 0 saturated heterocycles. The summed E-state index contributed by atoms with van der Waals surface area (Å²) in [6, 6.07) is 21.4. The summed E-state index contributed by atoms with van der Waals surface area (Å²) in [6.07, 6.45) is 4.90. The van der Waals surface area contributed by atoms with Gasteiger partial charge in [-0.1, -0.05) is 48.5 Å². The van der Waals surface area contributed by atoms with Gasteiger partial charge in [0.05, 0.1) is 18.7 Å². The summed E-state index contributed by atoms with van der Waals surface area (Å²) in [6.45, 7) is 0. The Morgan fingerprint density at radius 3 is 2.25 bits per heavy atom. The average Bonchev–Trinajstić information content (AvgIpc) is 2.75. The monoisotopic (exact) mass is 372 g/mol. The second kappa shape index (κ2) is 9.78. The Labute approximate surface area is 163 Å². The van der Waals surface area contributed by atoms with E-state index in [0.29, 0.717) is 5.56 Å². The van der Waals surface area contributed by atoms with Crippen LogP contribution < -0.4 is 10.7 Å². The Morgan fingerprint density at radius 2 is 1.57 bits per heavy atom. The first-order valence-corrected chi connectivity index (χ1v) is 8.85. The molecular weight excluding hydrogens is 352 g/mol. The highest BCUT2D eigenvalue weighted by Crippen LogP contribution is 2.17. The predicted molar refractivity (Wildman–Crippen MR) is 108 cm³/mol. The van der Waals surface area contributed by atoms with Crippen LogP contribution in [-0.2, 0) is 4.79 Å². The van der Waals surface area contributed by atoms with E-state index in [1.165, 1.54) is 0 Å². The van der Waals surface area contributed by atoms with Crippen LogP contribution in [-0.4, -0.2) is 23.0 Å². The molecular formula is C22H20N4O2. The van der Waals surface area contributed by atoms with Crippen LogP contribution in [0.1, 0.15) is 33.9 Å². The maximum absolute atomic E-state index is 12.5. The van der Waals surface area contributed by atoms with Gasteiger partial charge in [-0.3, -0.25) is 14.6 Å². The second-order valence-corrected chi connectivity index (χ2v) is 6.08. The first-order chi connectivity index (χ1) is 13.7. The summed E-state index contributed by atoms with van der Waals surface area (Å²) in [7, 11) is 0. The van der Waals surface area contributed by atoms with Crippen LogP contribution in [0.15, 0.2) is 90.3 Å². The lowest BCUT2D eigenvalue weighted by molar-refractivity contribution is -0.121. The van der Waals surface area contributed by atoms with E-state index in [0.717, 1.165) is 11.1 Å². The molecule has 2 N–H and O–H groups in total. The zero-order valence-corrected chi connectivity index (χ0v) is 15.2. The molecule has 3 rings (SSSR count). The van der Waals surface area contributed by atoms with Gasteiger partial charge in [0.15, 0.2) is 0 Å². The number of nitrogens with one attached hydrogen (secondary N) is 2. The topological polar surface area (TPSA) is 83.5 Å². The third-order valence-corrected chi connectivity index (χ3v) is 4.04. The van der Waals surface area contributed by atoms with E-state index in [1.54, 1.807) is 55.0 Å². The zero-order valence-electron chi connectivity index (χ0n) is 15.2. The predicted octanol–water partition coefficient (Wildman–Crippen LogP) is 3.09. The molecule has 0 spiro atoms. The van der Waals surface area contributed by atoms with Crippen molar-refractivity contribution in [1.29, 1.82) is 0 Å². The van der Waals surface area contributed by atoms with Crippen LogP contribution in [0.3, 0.4) is 0 Å². The third kappa shape index (κ3) is 5.60. The van der Waals surface area contributed by atoms with Gasteiger partial charge in [-0.15, -0.1) is 0 Å². The maximum atomic E-state index is 12.5. The van der Waals surface area contributed by atoms with Crippen molar-refractivity contribution in [2.45, 2.75) is 12.5 Å². The molecule has 0 radical (unpaired) electrons. The van der Waals surface area contributed by atoms with Crippen molar-refractivity contribution in [1.82, 2.24) is 15.7 Å². The average molecular weight is 372 g/mol. The highest BCUT2D eigenvalue weighted by Gasteiger charge is 2.19. The number of benzene rings is 2. The molecule has 140 valence electrons. The minimum Gasteiger partial charge on any atom is -0.345 e. The minimum absolute atomic E-state index is 0.0657. The molecule has 3 aromatic rings.